The number of nitrogens with zero attached hydrogens (tertiary/aromatic N) is 3. The number of dihydropyridines is 1. The Hall–Kier alpha value is -3.20. The van der Waals surface area contributed by atoms with E-state index in [9.17, 15) is 22.8 Å². The van der Waals surface area contributed by atoms with Crippen molar-refractivity contribution in [1.82, 2.24) is 15.2 Å². The summed E-state index contributed by atoms with van der Waals surface area (Å²) in [4.78, 5) is 35.0. The fourth-order valence-electron chi connectivity index (χ4n) is 5.17. The third-order valence-electron chi connectivity index (χ3n) is 7.12. The van der Waals surface area contributed by atoms with Crippen LogP contribution in [-0.2, 0) is 30.0 Å². The van der Waals surface area contributed by atoms with E-state index in [1.807, 2.05) is 5.38 Å². The molecule has 3 heterocycles. The Morgan fingerprint density at radius 3 is 2.49 bits per heavy atom. The van der Waals surface area contributed by atoms with Gasteiger partial charge in [0.2, 0.25) is 0 Å². The van der Waals surface area contributed by atoms with Gasteiger partial charge in [-0.1, -0.05) is 11.6 Å². The van der Waals surface area contributed by atoms with Crippen LogP contribution in [0.3, 0.4) is 0 Å². The zero-order valence-electron chi connectivity index (χ0n) is 23.7. The number of carbonyl (C=O) groups is 2. The van der Waals surface area contributed by atoms with Crippen LogP contribution in [0, 0.1) is 5.82 Å². The molecule has 1 N–H and O–H groups in total. The highest BCUT2D eigenvalue weighted by Crippen LogP contribution is 2.47. The van der Waals surface area contributed by atoms with Gasteiger partial charge in [0.25, 0.3) is 0 Å². The largest absolute Gasteiger partial charge is 0.466 e. The van der Waals surface area contributed by atoms with Crippen LogP contribution in [0.1, 0.15) is 30.9 Å². The summed E-state index contributed by atoms with van der Waals surface area (Å²) in [5, 5.41) is 4.99. The van der Waals surface area contributed by atoms with Gasteiger partial charge in [-0.25, -0.2) is 19.0 Å². The number of aromatic nitrogens is 1. The summed E-state index contributed by atoms with van der Waals surface area (Å²) in [6.45, 7) is 6.48. The van der Waals surface area contributed by atoms with Gasteiger partial charge in [0.1, 0.15) is 5.82 Å². The lowest BCUT2D eigenvalue weighted by molar-refractivity contribution is -0.141. The zero-order valence-corrected chi connectivity index (χ0v) is 25.3. The van der Waals surface area contributed by atoms with Crippen molar-refractivity contribution < 1.29 is 41.4 Å². The van der Waals surface area contributed by atoms with Gasteiger partial charge >= 0.3 is 18.1 Å². The Morgan fingerprint density at radius 1 is 1.16 bits per heavy atom. The van der Waals surface area contributed by atoms with Gasteiger partial charge in [0, 0.05) is 55.6 Å². The van der Waals surface area contributed by atoms with E-state index >= 15 is 4.39 Å². The number of piperazine rings is 1. The number of nitrogens with one attached hydrogen (secondary N) is 1. The number of thiazole rings is 1. The number of hydrogen-bond donors (Lipinski definition) is 1. The van der Waals surface area contributed by atoms with Crippen LogP contribution in [0.25, 0.3) is 0 Å². The highest BCUT2D eigenvalue weighted by Gasteiger charge is 2.46. The van der Waals surface area contributed by atoms with Crippen molar-refractivity contribution in [2.24, 2.45) is 0 Å². The van der Waals surface area contributed by atoms with Crippen LogP contribution in [0.15, 0.2) is 46.2 Å². The summed E-state index contributed by atoms with van der Waals surface area (Å²) in [5.41, 5.74) is -3.19. The summed E-state index contributed by atoms with van der Waals surface area (Å²) >= 11 is 7.52. The number of carbonyl (C=O) groups excluding carboxylic acids is 2. The maximum absolute atomic E-state index is 15.4. The number of ether oxygens (including phenoxy) is 3. The van der Waals surface area contributed by atoms with E-state index in [-0.39, 0.29) is 36.8 Å². The van der Waals surface area contributed by atoms with E-state index in [0.717, 1.165) is 50.6 Å². The van der Waals surface area contributed by atoms with Gasteiger partial charge in [-0.05, 0) is 26.0 Å². The molecule has 43 heavy (non-hydrogen) atoms. The maximum Gasteiger partial charge on any atom is 0.418 e. The fraction of sp³-hybridized carbons (Fsp3) is 0.464. The van der Waals surface area contributed by atoms with Gasteiger partial charge < -0.3 is 24.4 Å². The Labute approximate surface area is 255 Å². The SMILES string of the molecule is CCOC(=O)C1=C(COCCN2CCN(c3nccs3)CC2)NC(C)=C(C(=O)OC)C1c1c(F)ccc(Cl)c1C(F)(F)F. The van der Waals surface area contributed by atoms with Crippen LogP contribution in [0.5, 0.6) is 0 Å². The van der Waals surface area contributed by atoms with Gasteiger partial charge in [-0.2, -0.15) is 13.2 Å². The topological polar surface area (TPSA) is 93.2 Å². The van der Waals surface area contributed by atoms with Gasteiger partial charge in [0.05, 0.1) is 60.3 Å². The van der Waals surface area contributed by atoms with Crippen LogP contribution in [-0.4, -0.2) is 81.5 Å². The number of hydrogen-bond acceptors (Lipinski definition) is 10. The van der Waals surface area contributed by atoms with Crippen molar-refractivity contribution in [2.45, 2.75) is 25.9 Å². The van der Waals surface area contributed by atoms with Crippen molar-refractivity contribution in [3.05, 3.63) is 68.2 Å². The Morgan fingerprint density at radius 2 is 1.88 bits per heavy atom. The summed E-state index contributed by atoms with van der Waals surface area (Å²) in [6.07, 6.45) is -3.35. The van der Waals surface area contributed by atoms with E-state index in [4.69, 9.17) is 25.8 Å². The molecule has 0 saturated carbocycles. The standard InChI is InChI=1S/C28H31ClF4N4O5S/c1-4-42-26(39)22-19(15-41-13-12-36-8-10-37(11-9-36)27-34-7-14-43-27)35-16(2)20(25(38)40-3)23(22)21-18(30)6-5-17(29)24(21)28(31,32)33/h5-7,14,23,35H,4,8-13,15H2,1-3H3. The van der Waals surface area contributed by atoms with Crippen molar-refractivity contribution in [1.29, 1.82) is 0 Å². The highest BCUT2D eigenvalue weighted by molar-refractivity contribution is 7.13. The molecule has 1 aromatic carbocycles. The van der Waals surface area contributed by atoms with Crippen LogP contribution < -0.4 is 10.2 Å². The van der Waals surface area contributed by atoms with Crippen LogP contribution in [0.4, 0.5) is 22.7 Å². The molecule has 2 aliphatic rings. The predicted molar refractivity (Wildman–Crippen MR) is 152 cm³/mol. The average molecular weight is 647 g/mol. The number of methoxy groups -OCH3 is 1. The van der Waals surface area contributed by atoms with Crippen LogP contribution >= 0.6 is 22.9 Å². The third kappa shape index (κ3) is 7.31. The second kappa shape index (κ2) is 14.1. The van der Waals surface area contributed by atoms with E-state index in [2.05, 4.69) is 20.1 Å². The molecule has 1 atom stereocenters. The normalized spacial score (nSPS) is 18.1. The lowest BCUT2D eigenvalue weighted by Crippen LogP contribution is -2.47. The number of allylic oxidation sites excluding steroid dienone is 1. The third-order valence-corrected chi connectivity index (χ3v) is 8.27. The molecule has 1 saturated heterocycles. The molecule has 234 valence electrons. The lowest BCUT2D eigenvalue weighted by atomic mass is 9.78. The van der Waals surface area contributed by atoms with Crippen molar-refractivity contribution >= 4 is 40.0 Å². The molecule has 0 radical (unpaired) electrons. The molecule has 2 aromatic rings. The molecule has 15 heteroatoms. The predicted octanol–water partition coefficient (Wildman–Crippen LogP) is 4.74. The monoisotopic (exact) mass is 646 g/mol. The molecule has 4 rings (SSSR count). The van der Waals surface area contributed by atoms with Crippen LogP contribution in [0.2, 0.25) is 5.02 Å². The fourth-order valence-corrected chi connectivity index (χ4v) is 6.14. The molecule has 1 fully saturated rings. The molecular formula is C28H31ClF4N4O5S. The lowest BCUT2D eigenvalue weighted by Gasteiger charge is -2.34. The summed E-state index contributed by atoms with van der Waals surface area (Å²) < 4.78 is 74.2. The minimum absolute atomic E-state index is 0.0368. The van der Waals surface area contributed by atoms with Gasteiger partial charge in [-0.15, -0.1) is 11.3 Å². The average Bonchev–Trinajstić information content (AvgIpc) is 3.50. The molecule has 0 spiro atoms. The second-order valence-electron chi connectivity index (χ2n) is 9.71. The van der Waals surface area contributed by atoms with Crippen molar-refractivity contribution in [3.63, 3.8) is 0 Å². The number of benzene rings is 1. The second-order valence-corrected chi connectivity index (χ2v) is 11.0. The molecule has 2 aliphatic heterocycles. The maximum atomic E-state index is 15.4. The minimum atomic E-state index is -5.12. The molecule has 1 unspecified atom stereocenters. The molecule has 1 aromatic heterocycles. The minimum Gasteiger partial charge on any atom is -0.466 e. The smallest absolute Gasteiger partial charge is 0.418 e. The number of anilines is 1. The van der Waals surface area contributed by atoms with E-state index < -0.39 is 51.6 Å². The molecule has 0 aliphatic carbocycles. The Bertz CT molecular complexity index is 1390. The zero-order chi connectivity index (χ0) is 31.3. The van der Waals surface area contributed by atoms with Crippen molar-refractivity contribution in [2.75, 3.05) is 64.6 Å². The first-order valence-corrected chi connectivity index (χ1v) is 14.7. The molecular weight excluding hydrogens is 616 g/mol. The first-order valence-electron chi connectivity index (χ1n) is 13.4. The number of alkyl halides is 3. The van der Waals surface area contributed by atoms with E-state index in [1.165, 1.54) is 13.8 Å². The number of rotatable bonds is 10. The first-order chi connectivity index (χ1) is 20.5. The van der Waals surface area contributed by atoms with Crippen molar-refractivity contribution in [3.8, 4) is 0 Å². The summed E-state index contributed by atoms with van der Waals surface area (Å²) in [7, 11) is 1.03. The van der Waals surface area contributed by atoms with Gasteiger partial charge in [0.15, 0.2) is 5.13 Å². The van der Waals surface area contributed by atoms with Gasteiger partial charge in [-0.3, -0.25) is 4.90 Å². The molecule has 0 amide bonds. The van der Waals surface area contributed by atoms with E-state index in [0.29, 0.717) is 6.54 Å². The Balaban J connectivity index is 1.63. The Kier molecular flexibility index (Phi) is 10.7. The number of esters is 2. The quantitative estimate of drug-likeness (QED) is 0.223. The molecule has 0 bridgehead atoms. The summed E-state index contributed by atoms with van der Waals surface area (Å²) in [5.74, 6) is -5.25. The highest BCUT2D eigenvalue weighted by atomic mass is 35.5. The molecule has 9 nitrogen and oxygen atoms in total. The first kappa shape index (κ1) is 32.7. The number of halogens is 5. The summed E-state index contributed by atoms with van der Waals surface area (Å²) in [6, 6.07) is 1.53. The van der Waals surface area contributed by atoms with E-state index in [1.54, 1.807) is 17.5 Å².